The largest absolute Gasteiger partial charge is 0.472 e. The fraction of sp³-hybridized carbons (Fsp3) is 0.951. The highest BCUT2D eigenvalue weighted by Crippen LogP contribution is 2.45. The maximum absolute atomic E-state index is 13.1. The molecule has 0 aromatic rings. The van der Waals surface area contributed by atoms with Crippen molar-refractivity contribution in [3.8, 4) is 0 Å². The van der Waals surface area contributed by atoms with Crippen molar-refractivity contribution in [1.29, 1.82) is 0 Å². The molecule has 0 saturated carbocycles. The van der Waals surface area contributed by atoms with Crippen LogP contribution in [0.25, 0.3) is 0 Å². The van der Waals surface area contributed by atoms with Gasteiger partial charge in [-0.15, -0.1) is 0 Å². The molecular weight excluding hydrogens is 1310 g/mol. The monoisotopic (exact) mass is 1470 g/mol. The van der Waals surface area contributed by atoms with Crippen LogP contribution in [0.15, 0.2) is 0 Å². The van der Waals surface area contributed by atoms with Gasteiger partial charge < -0.3 is 33.8 Å². The number of aliphatic hydroxyl groups excluding tert-OH is 1. The van der Waals surface area contributed by atoms with Gasteiger partial charge in [0.15, 0.2) is 12.2 Å². The molecule has 0 aliphatic rings. The van der Waals surface area contributed by atoms with E-state index in [2.05, 4.69) is 41.5 Å². The first kappa shape index (κ1) is 98.1. The summed E-state index contributed by atoms with van der Waals surface area (Å²) < 4.78 is 68.8. The lowest BCUT2D eigenvalue weighted by atomic mass is 9.99. The number of carbonyl (C=O) groups is 4. The van der Waals surface area contributed by atoms with Crippen LogP contribution in [0.4, 0.5) is 0 Å². The molecule has 19 heteroatoms. The van der Waals surface area contributed by atoms with E-state index in [4.69, 9.17) is 37.0 Å². The first-order valence-electron chi connectivity index (χ1n) is 42.0. The minimum absolute atomic E-state index is 0.106. The fourth-order valence-corrected chi connectivity index (χ4v) is 14.1. The van der Waals surface area contributed by atoms with Gasteiger partial charge in [0.1, 0.15) is 19.3 Å². The second-order valence-corrected chi connectivity index (χ2v) is 32.8. The quantitative estimate of drug-likeness (QED) is 0.0222. The van der Waals surface area contributed by atoms with Crippen LogP contribution in [-0.2, 0) is 65.4 Å². The molecule has 594 valence electrons. The Morgan fingerprint density at radius 1 is 0.290 bits per heavy atom. The third-order valence-corrected chi connectivity index (χ3v) is 21.2. The zero-order chi connectivity index (χ0) is 73.5. The highest BCUT2D eigenvalue weighted by molar-refractivity contribution is 7.47. The van der Waals surface area contributed by atoms with Gasteiger partial charge in [0.2, 0.25) is 0 Å². The minimum Gasteiger partial charge on any atom is -0.462 e. The van der Waals surface area contributed by atoms with Crippen LogP contribution >= 0.6 is 15.6 Å². The number of ether oxygens (including phenoxy) is 4. The molecule has 0 saturated heterocycles. The van der Waals surface area contributed by atoms with E-state index in [0.29, 0.717) is 25.7 Å². The highest BCUT2D eigenvalue weighted by atomic mass is 31.2. The molecule has 0 amide bonds. The lowest BCUT2D eigenvalue weighted by Crippen LogP contribution is -2.30. The highest BCUT2D eigenvalue weighted by Gasteiger charge is 2.30. The van der Waals surface area contributed by atoms with Crippen molar-refractivity contribution < 1.29 is 80.2 Å². The average Bonchev–Trinajstić information content (AvgIpc) is 1.05. The second kappa shape index (κ2) is 72.6. The van der Waals surface area contributed by atoms with Gasteiger partial charge in [-0.1, -0.05) is 375 Å². The van der Waals surface area contributed by atoms with Crippen molar-refractivity contribution in [2.45, 2.75) is 445 Å². The summed E-state index contributed by atoms with van der Waals surface area (Å²) in [6, 6.07) is 0. The van der Waals surface area contributed by atoms with Gasteiger partial charge in [-0.25, -0.2) is 9.13 Å². The molecule has 17 nitrogen and oxygen atoms in total. The van der Waals surface area contributed by atoms with E-state index in [1.165, 1.54) is 244 Å². The molecule has 0 aromatic heterocycles. The number of carbonyl (C=O) groups excluding carboxylic acids is 4. The van der Waals surface area contributed by atoms with Crippen LogP contribution in [0.3, 0.4) is 0 Å². The number of esters is 4. The number of rotatable bonds is 80. The molecular formula is C81H158O17P2. The number of hydrogen-bond acceptors (Lipinski definition) is 15. The van der Waals surface area contributed by atoms with Crippen molar-refractivity contribution >= 4 is 39.5 Å². The summed E-state index contributed by atoms with van der Waals surface area (Å²) >= 11 is 0. The molecule has 0 bridgehead atoms. The van der Waals surface area contributed by atoms with E-state index in [1.807, 2.05) is 0 Å². The van der Waals surface area contributed by atoms with E-state index >= 15 is 0 Å². The normalized spacial score (nSPS) is 14.2. The summed E-state index contributed by atoms with van der Waals surface area (Å²) in [7, 11) is -9.92. The van der Waals surface area contributed by atoms with Crippen molar-refractivity contribution in [3.05, 3.63) is 0 Å². The van der Waals surface area contributed by atoms with Crippen LogP contribution in [0.1, 0.15) is 427 Å². The Balaban J connectivity index is 5.27. The molecule has 0 radical (unpaired) electrons. The predicted octanol–water partition coefficient (Wildman–Crippen LogP) is 24.3. The number of hydrogen-bond donors (Lipinski definition) is 3. The van der Waals surface area contributed by atoms with Crippen LogP contribution in [-0.4, -0.2) is 96.7 Å². The Hall–Kier alpha value is -1.94. The van der Waals surface area contributed by atoms with Crippen LogP contribution in [0.2, 0.25) is 0 Å². The molecule has 0 aromatic carbocycles. The lowest BCUT2D eigenvalue weighted by Gasteiger charge is -2.21. The van der Waals surface area contributed by atoms with Crippen LogP contribution in [0.5, 0.6) is 0 Å². The molecule has 3 N–H and O–H groups in total. The van der Waals surface area contributed by atoms with Crippen molar-refractivity contribution in [2.75, 3.05) is 39.6 Å². The molecule has 6 atom stereocenters. The SMILES string of the molecule is CCCCCCCCCCCCCCCCCCCC(=O)OC[C@H](COP(=O)(O)OC[C@@H](O)COP(=O)(O)OC[C@@H](COC(=O)CCCCCCCCCCC(C)CC)OC(=O)CCCCCCCCCCCCCC(C)C)OC(=O)CCCCCCCCCCCCCCCCCCC. The van der Waals surface area contributed by atoms with Gasteiger partial charge in [-0.05, 0) is 37.5 Å². The van der Waals surface area contributed by atoms with E-state index < -0.39 is 97.5 Å². The lowest BCUT2D eigenvalue weighted by molar-refractivity contribution is -0.161. The van der Waals surface area contributed by atoms with Crippen molar-refractivity contribution in [2.24, 2.45) is 11.8 Å². The molecule has 0 fully saturated rings. The Kier molecular flexibility index (Phi) is 71.2. The molecule has 3 unspecified atom stereocenters. The molecule has 0 rings (SSSR count). The van der Waals surface area contributed by atoms with Gasteiger partial charge in [-0.3, -0.25) is 37.3 Å². The Bertz CT molecular complexity index is 1930. The third kappa shape index (κ3) is 73.0. The number of phosphoric ester groups is 2. The summed E-state index contributed by atoms with van der Waals surface area (Å²) in [6.07, 6.45) is 62.3. The molecule has 100 heavy (non-hydrogen) atoms. The zero-order valence-corrected chi connectivity index (χ0v) is 67.3. The first-order valence-corrected chi connectivity index (χ1v) is 45.0. The van der Waals surface area contributed by atoms with E-state index in [1.54, 1.807) is 0 Å². The van der Waals surface area contributed by atoms with E-state index in [0.717, 1.165) is 102 Å². The summed E-state index contributed by atoms with van der Waals surface area (Å²) in [5.41, 5.74) is 0. The van der Waals surface area contributed by atoms with Crippen LogP contribution < -0.4 is 0 Å². The number of unbranched alkanes of at least 4 members (excludes halogenated alkanes) is 49. The second-order valence-electron chi connectivity index (χ2n) is 29.9. The fourth-order valence-electron chi connectivity index (χ4n) is 12.5. The Morgan fingerprint density at radius 3 is 0.760 bits per heavy atom. The van der Waals surface area contributed by atoms with Gasteiger partial charge >= 0.3 is 39.5 Å². The number of aliphatic hydroxyl groups is 1. The Labute approximate surface area is 613 Å². The summed E-state index contributed by atoms with van der Waals surface area (Å²) in [6.45, 7) is 9.64. The van der Waals surface area contributed by atoms with E-state index in [9.17, 15) is 43.2 Å². The smallest absolute Gasteiger partial charge is 0.462 e. The summed E-state index contributed by atoms with van der Waals surface area (Å²) in [4.78, 5) is 73.1. The standard InChI is InChI=1S/C81H158O17P2/c1-7-10-12-14-16-18-20-22-24-26-28-30-34-38-45-51-57-63-78(83)91-69-76(97-80(85)65-59-53-47-39-35-31-29-27-25-23-21-19-17-15-13-11-8-2)71-95-99(87,88)93-67-75(82)68-94-100(89,90)96-72-77(70-92-79(84)64-58-52-46-42-41-44-50-56-62-74(6)9-3)98-81(86)66-60-54-48-40-36-32-33-37-43-49-55-61-73(4)5/h73-77,82H,7-72H2,1-6H3,(H,87,88)(H,89,90)/t74?,75-,76-,77-/m1/s1. The summed E-state index contributed by atoms with van der Waals surface area (Å²) in [5, 5.41) is 10.6. The Morgan fingerprint density at radius 2 is 0.510 bits per heavy atom. The minimum atomic E-state index is -4.96. The summed E-state index contributed by atoms with van der Waals surface area (Å²) in [5.74, 6) is -0.565. The van der Waals surface area contributed by atoms with Gasteiger partial charge in [0.25, 0.3) is 0 Å². The van der Waals surface area contributed by atoms with Crippen molar-refractivity contribution in [1.82, 2.24) is 0 Å². The number of phosphoric acid groups is 2. The first-order chi connectivity index (χ1) is 48.4. The van der Waals surface area contributed by atoms with Crippen molar-refractivity contribution in [3.63, 3.8) is 0 Å². The van der Waals surface area contributed by atoms with Crippen LogP contribution in [0, 0.1) is 11.8 Å². The molecule has 0 heterocycles. The molecule has 0 spiro atoms. The van der Waals surface area contributed by atoms with E-state index in [-0.39, 0.29) is 25.7 Å². The maximum Gasteiger partial charge on any atom is 0.472 e. The predicted molar refractivity (Wildman–Crippen MR) is 409 cm³/mol. The molecule has 0 aliphatic carbocycles. The van der Waals surface area contributed by atoms with Gasteiger partial charge in [0, 0.05) is 25.7 Å². The van der Waals surface area contributed by atoms with Gasteiger partial charge in [0.05, 0.1) is 26.4 Å². The zero-order valence-electron chi connectivity index (χ0n) is 65.5. The topological polar surface area (TPSA) is 237 Å². The maximum atomic E-state index is 13.1. The van der Waals surface area contributed by atoms with Gasteiger partial charge in [-0.2, -0.15) is 0 Å². The molecule has 0 aliphatic heterocycles. The average molecular weight is 1470 g/mol. The third-order valence-electron chi connectivity index (χ3n) is 19.3.